The van der Waals surface area contributed by atoms with Crippen molar-refractivity contribution in [1.82, 2.24) is 4.90 Å². The van der Waals surface area contributed by atoms with E-state index >= 15 is 0 Å². The number of rotatable bonds is 2. The van der Waals surface area contributed by atoms with Crippen LogP contribution in [0.4, 0.5) is 0 Å². The number of esters is 1. The minimum atomic E-state index is -0.0515. The van der Waals surface area contributed by atoms with E-state index in [2.05, 4.69) is 11.8 Å². The quantitative estimate of drug-likeness (QED) is 0.629. The third-order valence-electron chi connectivity index (χ3n) is 3.87. The van der Waals surface area contributed by atoms with Crippen LogP contribution >= 0.6 is 0 Å². The molecule has 3 heteroatoms. The number of hydrogen-bond acceptors (Lipinski definition) is 3. The number of carbonyl (C=O) groups excluding carboxylic acids is 1. The summed E-state index contributed by atoms with van der Waals surface area (Å²) in [6, 6.07) is 0.0445. The molecule has 2 aliphatic rings. The van der Waals surface area contributed by atoms with E-state index in [1.54, 1.807) is 0 Å². The highest BCUT2D eigenvalue weighted by Crippen LogP contribution is 2.40. The molecule has 3 nitrogen and oxygen atoms in total. The molecule has 0 amide bonds. The molecule has 1 unspecified atom stereocenters. The van der Waals surface area contributed by atoms with Crippen LogP contribution in [0.3, 0.4) is 0 Å². The molecule has 1 aliphatic heterocycles. The fraction of sp³-hybridized carbons (Fsp3) is 0.909. The summed E-state index contributed by atoms with van der Waals surface area (Å²) in [4.78, 5) is 13.8. The molecule has 0 spiro atoms. The predicted molar refractivity (Wildman–Crippen MR) is 54.0 cm³/mol. The SMILES string of the molecule is COC(=O)C1CCN1C1(C)CCCC1. The lowest BCUT2D eigenvalue weighted by molar-refractivity contribution is -0.157. The molecule has 1 atom stereocenters. The van der Waals surface area contributed by atoms with Crippen molar-refractivity contribution >= 4 is 5.97 Å². The van der Waals surface area contributed by atoms with Crippen LogP contribution in [0.15, 0.2) is 0 Å². The molecule has 1 heterocycles. The maximum atomic E-state index is 11.4. The molecule has 1 saturated carbocycles. The number of ether oxygens (including phenoxy) is 1. The summed E-state index contributed by atoms with van der Waals surface area (Å²) in [7, 11) is 1.48. The van der Waals surface area contributed by atoms with Gasteiger partial charge in [0.1, 0.15) is 6.04 Å². The number of nitrogens with zero attached hydrogens (tertiary/aromatic N) is 1. The molecule has 0 N–H and O–H groups in total. The fourth-order valence-electron chi connectivity index (χ4n) is 2.84. The monoisotopic (exact) mass is 197 g/mol. The normalized spacial score (nSPS) is 31.1. The molecule has 0 bridgehead atoms. The van der Waals surface area contributed by atoms with Crippen molar-refractivity contribution in [2.24, 2.45) is 0 Å². The van der Waals surface area contributed by atoms with Crippen LogP contribution in [0, 0.1) is 0 Å². The van der Waals surface area contributed by atoms with Gasteiger partial charge in [0, 0.05) is 12.1 Å². The topological polar surface area (TPSA) is 29.5 Å². The summed E-state index contributed by atoms with van der Waals surface area (Å²) in [5.41, 5.74) is 0.275. The van der Waals surface area contributed by atoms with Crippen molar-refractivity contribution in [2.75, 3.05) is 13.7 Å². The maximum absolute atomic E-state index is 11.4. The lowest BCUT2D eigenvalue weighted by atomic mass is 9.89. The highest BCUT2D eigenvalue weighted by Gasteiger charge is 2.46. The van der Waals surface area contributed by atoms with Gasteiger partial charge in [0.05, 0.1) is 7.11 Å². The van der Waals surface area contributed by atoms with E-state index in [4.69, 9.17) is 4.74 Å². The minimum Gasteiger partial charge on any atom is -0.468 e. The Morgan fingerprint density at radius 3 is 2.50 bits per heavy atom. The zero-order valence-corrected chi connectivity index (χ0v) is 9.08. The summed E-state index contributed by atoms with van der Waals surface area (Å²) in [5, 5.41) is 0. The van der Waals surface area contributed by atoms with Crippen LogP contribution < -0.4 is 0 Å². The first-order valence-electron chi connectivity index (χ1n) is 5.52. The van der Waals surface area contributed by atoms with Gasteiger partial charge in [-0.05, 0) is 26.2 Å². The molecule has 14 heavy (non-hydrogen) atoms. The Balaban J connectivity index is 2.01. The van der Waals surface area contributed by atoms with E-state index in [1.165, 1.54) is 32.8 Å². The van der Waals surface area contributed by atoms with Crippen LogP contribution in [-0.4, -0.2) is 36.1 Å². The Hall–Kier alpha value is -0.570. The van der Waals surface area contributed by atoms with Gasteiger partial charge in [-0.3, -0.25) is 9.69 Å². The Labute approximate surface area is 85.4 Å². The molecule has 0 radical (unpaired) electrons. The second kappa shape index (κ2) is 3.54. The second-order valence-electron chi connectivity index (χ2n) is 4.73. The van der Waals surface area contributed by atoms with Gasteiger partial charge in [0.25, 0.3) is 0 Å². The lowest BCUT2D eigenvalue weighted by Gasteiger charge is -2.49. The standard InChI is InChI=1S/C11H19NO2/c1-11(6-3-4-7-11)12-8-5-9(12)10(13)14-2/h9H,3-8H2,1-2H3. The van der Waals surface area contributed by atoms with Gasteiger partial charge >= 0.3 is 5.97 Å². The van der Waals surface area contributed by atoms with Crippen molar-refractivity contribution in [1.29, 1.82) is 0 Å². The van der Waals surface area contributed by atoms with Crippen LogP contribution in [0.2, 0.25) is 0 Å². The highest BCUT2D eigenvalue weighted by atomic mass is 16.5. The van der Waals surface area contributed by atoms with Gasteiger partial charge in [-0.2, -0.15) is 0 Å². The minimum absolute atomic E-state index is 0.0445. The molecule has 0 aromatic rings. The number of methoxy groups -OCH3 is 1. The summed E-state index contributed by atoms with van der Waals surface area (Å²) in [6.07, 6.45) is 6.06. The first-order chi connectivity index (χ1) is 6.67. The molecule has 2 rings (SSSR count). The third kappa shape index (κ3) is 1.44. The fourth-order valence-corrected chi connectivity index (χ4v) is 2.84. The average molecular weight is 197 g/mol. The zero-order valence-electron chi connectivity index (χ0n) is 9.08. The van der Waals surface area contributed by atoms with Crippen LogP contribution in [0.1, 0.15) is 39.0 Å². The zero-order chi connectivity index (χ0) is 10.2. The van der Waals surface area contributed by atoms with Gasteiger partial charge in [-0.1, -0.05) is 12.8 Å². The molecular weight excluding hydrogens is 178 g/mol. The number of hydrogen-bond donors (Lipinski definition) is 0. The molecule has 1 saturated heterocycles. The molecule has 80 valence electrons. The molecule has 1 aliphatic carbocycles. The average Bonchev–Trinajstić information content (AvgIpc) is 2.50. The van der Waals surface area contributed by atoms with Crippen molar-refractivity contribution in [3.05, 3.63) is 0 Å². The summed E-state index contributed by atoms with van der Waals surface area (Å²) < 4.78 is 4.81. The van der Waals surface area contributed by atoms with Gasteiger partial charge in [0.2, 0.25) is 0 Å². The van der Waals surface area contributed by atoms with Gasteiger partial charge in [-0.25, -0.2) is 0 Å². The lowest BCUT2D eigenvalue weighted by Crippen LogP contribution is -2.61. The first kappa shape index (κ1) is 9.97. The molecule has 2 fully saturated rings. The maximum Gasteiger partial charge on any atom is 0.323 e. The predicted octanol–water partition coefficient (Wildman–Crippen LogP) is 1.57. The van der Waals surface area contributed by atoms with E-state index in [0.29, 0.717) is 0 Å². The first-order valence-corrected chi connectivity index (χ1v) is 5.52. The van der Waals surface area contributed by atoms with E-state index in [9.17, 15) is 4.79 Å². The summed E-state index contributed by atoms with van der Waals surface area (Å²) >= 11 is 0. The van der Waals surface area contributed by atoms with Crippen LogP contribution in [0.5, 0.6) is 0 Å². The summed E-state index contributed by atoms with van der Waals surface area (Å²) in [5.74, 6) is -0.0515. The van der Waals surface area contributed by atoms with E-state index < -0.39 is 0 Å². The molecule has 0 aromatic heterocycles. The number of likely N-dealkylation sites (tertiary alicyclic amines) is 1. The van der Waals surface area contributed by atoms with E-state index in [1.807, 2.05) is 0 Å². The van der Waals surface area contributed by atoms with Gasteiger partial charge in [-0.15, -0.1) is 0 Å². The van der Waals surface area contributed by atoms with Crippen molar-refractivity contribution < 1.29 is 9.53 Å². The van der Waals surface area contributed by atoms with Crippen molar-refractivity contribution in [2.45, 2.75) is 50.6 Å². The Bertz CT molecular complexity index is 233. The highest BCUT2D eigenvalue weighted by molar-refractivity contribution is 5.76. The Kier molecular flexibility index (Phi) is 2.52. The van der Waals surface area contributed by atoms with E-state index in [-0.39, 0.29) is 17.6 Å². The van der Waals surface area contributed by atoms with Crippen molar-refractivity contribution in [3.63, 3.8) is 0 Å². The van der Waals surface area contributed by atoms with Crippen LogP contribution in [0.25, 0.3) is 0 Å². The van der Waals surface area contributed by atoms with Crippen molar-refractivity contribution in [3.8, 4) is 0 Å². The molecular formula is C11H19NO2. The Morgan fingerprint density at radius 2 is 2.07 bits per heavy atom. The van der Waals surface area contributed by atoms with Gasteiger partial charge < -0.3 is 4.74 Å². The third-order valence-corrected chi connectivity index (χ3v) is 3.87. The smallest absolute Gasteiger partial charge is 0.323 e. The van der Waals surface area contributed by atoms with E-state index in [0.717, 1.165) is 13.0 Å². The van der Waals surface area contributed by atoms with Gasteiger partial charge in [0.15, 0.2) is 0 Å². The summed E-state index contributed by atoms with van der Waals surface area (Å²) in [6.45, 7) is 3.35. The molecule has 0 aromatic carbocycles. The second-order valence-corrected chi connectivity index (χ2v) is 4.73. The largest absolute Gasteiger partial charge is 0.468 e. The Morgan fingerprint density at radius 1 is 1.43 bits per heavy atom. The van der Waals surface area contributed by atoms with Crippen LogP contribution in [-0.2, 0) is 9.53 Å². The number of carbonyl (C=O) groups is 1.